The number of hydrogen-bond donors (Lipinski definition) is 1. The summed E-state index contributed by atoms with van der Waals surface area (Å²) in [6.07, 6.45) is 3.85. The molecule has 0 bridgehead atoms. The van der Waals surface area contributed by atoms with Gasteiger partial charge in [0.05, 0.1) is 18.7 Å². The number of carbonyl (C=O) groups is 1. The van der Waals surface area contributed by atoms with Crippen molar-refractivity contribution >= 4 is 11.6 Å². The zero-order valence-corrected chi connectivity index (χ0v) is 12.4. The first-order valence-electron chi connectivity index (χ1n) is 6.95. The van der Waals surface area contributed by atoms with E-state index in [2.05, 4.69) is 4.98 Å². The zero-order valence-electron chi connectivity index (χ0n) is 12.4. The molecular formula is C17H16N2O3. The van der Waals surface area contributed by atoms with Crippen LogP contribution in [0.1, 0.15) is 18.4 Å². The van der Waals surface area contributed by atoms with E-state index in [0.29, 0.717) is 11.3 Å². The molecule has 0 aliphatic carbocycles. The molecule has 2 heterocycles. The number of aliphatic carboxylic acids is 1. The predicted molar refractivity (Wildman–Crippen MR) is 83.2 cm³/mol. The lowest BCUT2D eigenvalue weighted by atomic mass is 9.98. The van der Waals surface area contributed by atoms with Crippen LogP contribution < -0.4 is 4.74 Å². The van der Waals surface area contributed by atoms with Crippen molar-refractivity contribution in [1.82, 2.24) is 9.38 Å². The number of rotatable bonds is 4. The van der Waals surface area contributed by atoms with E-state index in [9.17, 15) is 4.79 Å². The number of methoxy groups -OCH3 is 1. The van der Waals surface area contributed by atoms with Gasteiger partial charge in [-0.25, -0.2) is 4.98 Å². The number of carboxylic acid groups (broad SMARTS) is 1. The summed E-state index contributed by atoms with van der Waals surface area (Å²) in [5.74, 6) is -0.819. The van der Waals surface area contributed by atoms with Gasteiger partial charge in [-0.05, 0) is 36.8 Å². The second-order valence-electron chi connectivity index (χ2n) is 5.11. The van der Waals surface area contributed by atoms with Crippen LogP contribution >= 0.6 is 0 Å². The second-order valence-corrected chi connectivity index (χ2v) is 5.11. The molecule has 0 amide bonds. The monoisotopic (exact) mass is 296 g/mol. The van der Waals surface area contributed by atoms with E-state index in [0.717, 1.165) is 16.9 Å². The lowest BCUT2D eigenvalue weighted by Crippen LogP contribution is -2.07. The van der Waals surface area contributed by atoms with Crippen molar-refractivity contribution in [3.8, 4) is 17.0 Å². The van der Waals surface area contributed by atoms with E-state index in [1.807, 2.05) is 41.1 Å². The molecule has 2 aromatic heterocycles. The van der Waals surface area contributed by atoms with Crippen LogP contribution in [0.3, 0.4) is 0 Å². The molecule has 5 nitrogen and oxygen atoms in total. The fourth-order valence-electron chi connectivity index (χ4n) is 2.40. The Hall–Kier alpha value is -2.82. The number of ether oxygens (including phenoxy) is 1. The number of imidazole rings is 1. The fourth-order valence-corrected chi connectivity index (χ4v) is 2.40. The van der Waals surface area contributed by atoms with Crippen molar-refractivity contribution in [3.05, 3.63) is 54.4 Å². The van der Waals surface area contributed by atoms with Crippen molar-refractivity contribution in [2.24, 2.45) is 0 Å². The molecule has 0 aliphatic rings. The van der Waals surface area contributed by atoms with Gasteiger partial charge in [-0.1, -0.05) is 12.1 Å². The maximum atomic E-state index is 11.1. The smallest absolute Gasteiger partial charge is 0.310 e. The van der Waals surface area contributed by atoms with Crippen LogP contribution in [0.15, 0.2) is 48.8 Å². The number of nitrogens with zero attached hydrogens (tertiary/aromatic N) is 2. The fraction of sp³-hybridized carbons (Fsp3) is 0.176. The molecule has 5 heteroatoms. The van der Waals surface area contributed by atoms with Crippen molar-refractivity contribution < 1.29 is 14.6 Å². The van der Waals surface area contributed by atoms with Gasteiger partial charge in [-0.15, -0.1) is 0 Å². The molecule has 1 N–H and O–H groups in total. The molecular weight excluding hydrogens is 280 g/mol. The third-order valence-electron chi connectivity index (χ3n) is 3.74. The Bertz CT molecular complexity index is 806. The molecule has 3 rings (SSSR count). The Morgan fingerprint density at radius 1 is 1.32 bits per heavy atom. The quantitative estimate of drug-likeness (QED) is 0.803. The molecule has 1 atom stereocenters. The first kappa shape index (κ1) is 14.1. The van der Waals surface area contributed by atoms with Crippen LogP contribution in [0.25, 0.3) is 16.9 Å². The molecule has 3 aromatic rings. The van der Waals surface area contributed by atoms with Crippen LogP contribution in [0.2, 0.25) is 0 Å². The molecule has 0 saturated heterocycles. The van der Waals surface area contributed by atoms with Gasteiger partial charge >= 0.3 is 5.97 Å². The van der Waals surface area contributed by atoms with Crippen molar-refractivity contribution in [3.63, 3.8) is 0 Å². The van der Waals surface area contributed by atoms with Crippen molar-refractivity contribution in [2.45, 2.75) is 12.8 Å². The second kappa shape index (κ2) is 5.52. The normalized spacial score (nSPS) is 12.3. The van der Waals surface area contributed by atoms with Crippen LogP contribution in [0.4, 0.5) is 0 Å². The van der Waals surface area contributed by atoms with Gasteiger partial charge in [-0.3, -0.25) is 4.79 Å². The molecule has 0 radical (unpaired) electrons. The van der Waals surface area contributed by atoms with Gasteiger partial charge in [0, 0.05) is 18.0 Å². The summed E-state index contributed by atoms with van der Waals surface area (Å²) < 4.78 is 7.36. The number of hydrogen-bond acceptors (Lipinski definition) is 3. The van der Waals surface area contributed by atoms with Gasteiger partial charge in [0.2, 0.25) is 0 Å². The van der Waals surface area contributed by atoms with E-state index < -0.39 is 11.9 Å². The van der Waals surface area contributed by atoms with Gasteiger partial charge in [-0.2, -0.15) is 0 Å². The summed E-state index contributed by atoms with van der Waals surface area (Å²) in [6, 6.07) is 11.2. The number of benzene rings is 1. The topological polar surface area (TPSA) is 63.8 Å². The Morgan fingerprint density at radius 2 is 2.14 bits per heavy atom. The molecule has 22 heavy (non-hydrogen) atoms. The maximum absolute atomic E-state index is 11.1. The molecule has 0 saturated carbocycles. The first-order valence-corrected chi connectivity index (χ1v) is 6.95. The summed E-state index contributed by atoms with van der Waals surface area (Å²) in [7, 11) is 1.57. The summed E-state index contributed by atoms with van der Waals surface area (Å²) in [5, 5.41) is 9.12. The molecule has 1 aromatic carbocycles. The van der Waals surface area contributed by atoms with E-state index in [1.165, 1.54) is 0 Å². The minimum Gasteiger partial charge on any atom is -0.496 e. The lowest BCUT2D eigenvalue weighted by molar-refractivity contribution is -0.138. The Kier molecular flexibility index (Phi) is 3.55. The van der Waals surface area contributed by atoms with Crippen molar-refractivity contribution in [1.29, 1.82) is 0 Å². The molecule has 112 valence electrons. The van der Waals surface area contributed by atoms with Gasteiger partial charge in [0.1, 0.15) is 11.4 Å². The molecule has 1 unspecified atom stereocenters. The summed E-state index contributed by atoms with van der Waals surface area (Å²) >= 11 is 0. The average Bonchev–Trinajstić information content (AvgIpc) is 2.97. The van der Waals surface area contributed by atoms with Gasteiger partial charge < -0.3 is 14.2 Å². The predicted octanol–water partition coefficient (Wildman–Crippen LogP) is 3.20. The van der Waals surface area contributed by atoms with Crippen LogP contribution in [0.5, 0.6) is 5.75 Å². The minimum absolute atomic E-state index is 0.580. The van der Waals surface area contributed by atoms with Gasteiger partial charge in [0.25, 0.3) is 0 Å². The Balaban J connectivity index is 2.08. The van der Waals surface area contributed by atoms with Crippen LogP contribution in [-0.2, 0) is 4.79 Å². The van der Waals surface area contributed by atoms with E-state index >= 15 is 0 Å². The Labute approximate surface area is 127 Å². The lowest BCUT2D eigenvalue weighted by Gasteiger charge is -2.11. The standard InChI is InChI=1S/C17H16N2O3/c1-11(17(20)21)12-6-7-13(15(9-12)22-2)14-10-19-8-4-3-5-16(19)18-14/h3-11H,1-2H3,(H,20,21). The highest BCUT2D eigenvalue weighted by Gasteiger charge is 2.17. The largest absolute Gasteiger partial charge is 0.496 e. The van der Waals surface area contributed by atoms with Crippen LogP contribution in [-0.4, -0.2) is 27.6 Å². The minimum atomic E-state index is -0.859. The van der Waals surface area contributed by atoms with Gasteiger partial charge in [0.15, 0.2) is 0 Å². The SMILES string of the molecule is COc1cc(C(C)C(=O)O)ccc1-c1cn2ccccc2n1. The summed E-state index contributed by atoms with van der Waals surface area (Å²) in [5.41, 5.74) is 3.18. The van der Waals surface area contributed by atoms with E-state index in [4.69, 9.17) is 9.84 Å². The Morgan fingerprint density at radius 3 is 2.82 bits per heavy atom. The molecule has 0 fully saturated rings. The van der Waals surface area contributed by atoms with Crippen molar-refractivity contribution in [2.75, 3.05) is 7.11 Å². The van der Waals surface area contributed by atoms with E-state index in [1.54, 1.807) is 26.2 Å². The molecule has 0 aliphatic heterocycles. The first-order chi connectivity index (χ1) is 10.6. The third-order valence-corrected chi connectivity index (χ3v) is 3.74. The number of pyridine rings is 1. The molecule has 0 spiro atoms. The number of aromatic nitrogens is 2. The summed E-state index contributed by atoms with van der Waals surface area (Å²) in [4.78, 5) is 15.7. The van der Waals surface area contributed by atoms with Crippen LogP contribution in [0, 0.1) is 0 Å². The zero-order chi connectivity index (χ0) is 15.7. The number of carboxylic acids is 1. The maximum Gasteiger partial charge on any atom is 0.310 e. The summed E-state index contributed by atoms with van der Waals surface area (Å²) in [6.45, 7) is 1.65. The third kappa shape index (κ3) is 2.41. The highest BCUT2D eigenvalue weighted by molar-refractivity contribution is 5.77. The highest BCUT2D eigenvalue weighted by Crippen LogP contribution is 2.32. The van der Waals surface area contributed by atoms with E-state index in [-0.39, 0.29) is 0 Å². The number of fused-ring (bicyclic) bond motifs is 1. The highest BCUT2D eigenvalue weighted by atomic mass is 16.5. The average molecular weight is 296 g/mol.